The summed E-state index contributed by atoms with van der Waals surface area (Å²) in [5.41, 5.74) is 6.14. The predicted octanol–water partition coefficient (Wildman–Crippen LogP) is 1.74. The van der Waals surface area contributed by atoms with Crippen molar-refractivity contribution in [3.63, 3.8) is 0 Å². The molecular formula is C15H18F2N4O3S. The fourth-order valence-electron chi connectivity index (χ4n) is 2.90. The zero-order chi connectivity index (χ0) is 18.2. The second kappa shape index (κ2) is 6.60. The van der Waals surface area contributed by atoms with Crippen LogP contribution < -0.4 is 10.6 Å². The van der Waals surface area contributed by atoms with Crippen LogP contribution in [0.25, 0.3) is 0 Å². The maximum absolute atomic E-state index is 13.4. The highest BCUT2D eigenvalue weighted by molar-refractivity contribution is 7.89. The lowest BCUT2D eigenvalue weighted by Crippen LogP contribution is -2.35. The van der Waals surface area contributed by atoms with Gasteiger partial charge in [-0.2, -0.15) is 4.31 Å². The normalized spacial score (nSPS) is 16.8. The zero-order valence-corrected chi connectivity index (χ0v) is 14.4. The number of rotatable bonds is 3. The quantitative estimate of drug-likeness (QED) is 0.882. The van der Waals surface area contributed by atoms with Gasteiger partial charge in [-0.1, -0.05) is 5.16 Å². The summed E-state index contributed by atoms with van der Waals surface area (Å²) in [6.07, 6.45) is 0.530. The van der Waals surface area contributed by atoms with Gasteiger partial charge in [-0.25, -0.2) is 17.2 Å². The molecule has 0 saturated carbocycles. The standard InChI is InChI=1S/C15H18F2N4O3S/c1-10-14(15(18)19-24-10)25(22,23)21-6-2-5-20(7-8-21)11-3-4-12(16)13(17)9-11/h3-4,9H,2,5-8H2,1H3,(H2,18,19). The SMILES string of the molecule is Cc1onc(N)c1S(=O)(=O)N1CCCN(c2ccc(F)c(F)c2)CC1. The van der Waals surface area contributed by atoms with Gasteiger partial charge in [-0.05, 0) is 25.5 Å². The summed E-state index contributed by atoms with van der Waals surface area (Å²) in [6.45, 7) is 2.82. The summed E-state index contributed by atoms with van der Waals surface area (Å²) in [5.74, 6) is -1.88. The number of hydrogen-bond acceptors (Lipinski definition) is 6. The Bertz CT molecular complexity index is 865. The Morgan fingerprint density at radius 2 is 1.92 bits per heavy atom. The van der Waals surface area contributed by atoms with E-state index in [0.29, 0.717) is 25.2 Å². The van der Waals surface area contributed by atoms with E-state index < -0.39 is 21.7 Å². The highest BCUT2D eigenvalue weighted by Gasteiger charge is 2.32. The third-order valence-corrected chi connectivity index (χ3v) is 6.21. The summed E-state index contributed by atoms with van der Waals surface area (Å²) in [6, 6.07) is 3.65. The van der Waals surface area contributed by atoms with Gasteiger partial charge in [0.15, 0.2) is 28.1 Å². The molecule has 2 N–H and O–H groups in total. The first kappa shape index (κ1) is 17.6. The number of halogens is 2. The highest BCUT2D eigenvalue weighted by Crippen LogP contribution is 2.27. The molecule has 1 aromatic heterocycles. The van der Waals surface area contributed by atoms with E-state index >= 15 is 0 Å². The largest absolute Gasteiger partial charge is 0.380 e. The van der Waals surface area contributed by atoms with E-state index in [0.717, 1.165) is 12.1 Å². The summed E-state index contributed by atoms with van der Waals surface area (Å²) in [4.78, 5) is 1.70. The van der Waals surface area contributed by atoms with Crippen LogP contribution in [0.15, 0.2) is 27.6 Å². The van der Waals surface area contributed by atoms with Crippen LogP contribution in [0.5, 0.6) is 0 Å². The number of aromatic nitrogens is 1. The number of nitrogens with zero attached hydrogens (tertiary/aromatic N) is 3. The van der Waals surface area contributed by atoms with E-state index in [-0.39, 0.29) is 29.6 Å². The maximum atomic E-state index is 13.4. The van der Waals surface area contributed by atoms with E-state index in [1.54, 1.807) is 0 Å². The molecule has 0 radical (unpaired) electrons. The summed E-state index contributed by atoms with van der Waals surface area (Å²) < 4.78 is 58.3. The molecule has 0 spiro atoms. The summed E-state index contributed by atoms with van der Waals surface area (Å²) in [5, 5.41) is 3.49. The van der Waals surface area contributed by atoms with Crippen molar-refractivity contribution in [1.82, 2.24) is 9.46 Å². The van der Waals surface area contributed by atoms with Crippen molar-refractivity contribution in [2.45, 2.75) is 18.2 Å². The lowest BCUT2D eigenvalue weighted by Gasteiger charge is -2.23. The molecule has 10 heteroatoms. The van der Waals surface area contributed by atoms with Crippen LogP contribution in [-0.2, 0) is 10.0 Å². The van der Waals surface area contributed by atoms with Crippen LogP contribution in [0.2, 0.25) is 0 Å². The zero-order valence-electron chi connectivity index (χ0n) is 13.6. The van der Waals surface area contributed by atoms with Gasteiger partial charge < -0.3 is 15.2 Å². The molecule has 136 valence electrons. The molecular weight excluding hydrogens is 354 g/mol. The highest BCUT2D eigenvalue weighted by atomic mass is 32.2. The van der Waals surface area contributed by atoms with Crippen LogP contribution in [0.1, 0.15) is 12.2 Å². The second-order valence-electron chi connectivity index (χ2n) is 5.80. The molecule has 2 aromatic rings. The topological polar surface area (TPSA) is 92.7 Å². The monoisotopic (exact) mass is 372 g/mol. The first-order valence-corrected chi connectivity index (χ1v) is 9.16. The van der Waals surface area contributed by atoms with Crippen molar-refractivity contribution in [3.8, 4) is 0 Å². The number of nitrogens with two attached hydrogens (primary N) is 1. The van der Waals surface area contributed by atoms with E-state index in [9.17, 15) is 17.2 Å². The van der Waals surface area contributed by atoms with Crippen LogP contribution >= 0.6 is 0 Å². The van der Waals surface area contributed by atoms with E-state index in [1.165, 1.54) is 17.3 Å². The second-order valence-corrected chi connectivity index (χ2v) is 7.67. The van der Waals surface area contributed by atoms with Crippen molar-refractivity contribution in [2.75, 3.05) is 36.8 Å². The van der Waals surface area contributed by atoms with Gasteiger partial charge in [0.1, 0.15) is 0 Å². The third-order valence-electron chi connectivity index (χ3n) is 4.15. The molecule has 25 heavy (non-hydrogen) atoms. The Kier molecular flexibility index (Phi) is 4.65. The molecule has 0 atom stereocenters. The molecule has 1 fully saturated rings. The van der Waals surface area contributed by atoms with Crippen molar-refractivity contribution < 1.29 is 21.7 Å². The number of anilines is 2. The van der Waals surface area contributed by atoms with Crippen LogP contribution in [0.4, 0.5) is 20.3 Å². The van der Waals surface area contributed by atoms with Gasteiger partial charge in [0.2, 0.25) is 10.0 Å². The van der Waals surface area contributed by atoms with Gasteiger partial charge in [-0.15, -0.1) is 0 Å². The molecule has 1 aromatic carbocycles. The van der Waals surface area contributed by atoms with Crippen molar-refractivity contribution >= 4 is 21.5 Å². The Balaban J connectivity index is 1.81. The van der Waals surface area contributed by atoms with Gasteiger partial charge in [0.05, 0.1) is 0 Å². The minimum Gasteiger partial charge on any atom is -0.380 e. The number of sulfonamides is 1. The minimum absolute atomic E-state index is 0.117. The third kappa shape index (κ3) is 3.31. The molecule has 0 bridgehead atoms. The van der Waals surface area contributed by atoms with E-state index in [4.69, 9.17) is 10.3 Å². The molecule has 2 heterocycles. The Labute approximate surface area is 144 Å². The lowest BCUT2D eigenvalue weighted by atomic mass is 10.2. The molecule has 0 amide bonds. The van der Waals surface area contributed by atoms with Crippen molar-refractivity contribution in [3.05, 3.63) is 35.6 Å². The van der Waals surface area contributed by atoms with Gasteiger partial charge in [0.25, 0.3) is 0 Å². The smallest absolute Gasteiger partial charge is 0.250 e. The Hall–Kier alpha value is -2.20. The van der Waals surface area contributed by atoms with Crippen molar-refractivity contribution in [1.29, 1.82) is 0 Å². The lowest BCUT2D eigenvalue weighted by molar-refractivity contribution is 0.393. The first-order valence-electron chi connectivity index (χ1n) is 7.72. The number of hydrogen-bond donors (Lipinski definition) is 1. The van der Waals surface area contributed by atoms with Crippen molar-refractivity contribution in [2.24, 2.45) is 0 Å². The number of benzene rings is 1. The van der Waals surface area contributed by atoms with Crippen LogP contribution in [0.3, 0.4) is 0 Å². The van der Waals surface area contributed by atoms with Gasteiger partial charge in [-0.3, -0.25) is 0 Å². The molecule has 3 rings (SSSR count). The summed E-state index contributed by atoms with van der Waals surface area (Å²) >= 11 is 0. The molecule has 7 nitrogen and oxygen atoms in total. The van der Waals surface area contributed by atoms with Gasteiger partial charge >= 0.3 is 0 Å². The fourth-order valence-corrected chi connectivity index (χ4v) is 4.55. The average molecular weight is 372 g/mol. The first-order chi connectivity index (χ1) is 11.8. The molecule has 1 saturated heterocycles. The van der Waals surface area contributed by atoms with Crippen LogP contribution in [0, 0.1) is 18.6 Å². The Morgan fingerprint density at radius 3 is 2.56 bits per heavy atom. The molecule has 0 aliphatic carbocycles. The summed E-state index contributed by atoms with van der Waals surface area (Å²) in [7, 11) is -3.83. The maximum Gasteiger partial charge on any atom is 0.250 e. The van der Waals surface area contributed by atoms with E-state index in [2.05, 4.69) is 5.16 Å². The molecule has 1 aliphatic heterocycles. The molecule has 0 unspecified atom stereocenters. The van der Waals surface area contributed by atoms with E-state index in [1.807, 2.05) is 4.90 Å². The number of aryl methyl sites for hydroxylation is 1. The average Bonchev–Trinajstić information content (AvgIpc) is 2.77. The minimum atomic E-state index is -3.83. The van der Waals surface area contributed by atoms with Crippen LogP contribution in [-0.4, -0.2) is 44.1 Å². The Morgan fingerprint density at radius 1 is 1.16 bits per heavy atom. The predicted molar refractivity (Wildman–Crippen MR) is 87.6 cm³/mol. The fraction of sp³-hybridized carbons (Fsp3) is 0.400. The number of nitrogen functional groups attached to an aromatic ring is 1. The molecule has 1 aliphatic rings. The van der Waals surface area contributed by atoms with Gasteiger partial charge in [0, 0.05) is 37.9 Å².